The first-order chi connectivity index (χ1) is 8.22. The van der Waals surface area contributed by atoms with Gasteiger partial charge in [0.25, 0.3) is 0 Å². The molecule has 0 aliphatic carbocycles. The molecule has 17 heavy (non-hydrogen) atoms. The van der Waals surface area contributed by atoms with Gasteiger partial charge in [0.05, 0.1) is 0 Å². The Balaban J connectivity index is 2.46. The zero-order valence-corrected chi connectivity index (χ0v) is 9.36. The lowest BCUT2D eigenvalue weighted by atomic mass is 10.0. The van der Waals surface area contributed by atoms with Crippen molar-refractivity contribution in [1.82, 2.24) is 0 Å². The molecule has 0 heterocycles. The molecular weight excluding hydrogens is 217 g/mol. The second kappa shape index (κ2) is 4.97. The third-order valence-corrected chi connectivity index (χ3v) is 2.68. The molecule has 0 saturated carbocycles. The number of halogens is 1. The quantitative estimate of drug-likeness (QED) is 0.853. The summed E-state index contributed by atoms with van der Waals surface area (Å²) in [4.78, 5) is 0. The lowest BCUT2D eigenvalue weighted by Crippen LogP contribution is -2.03. The van der Waals surface area contributed by atoms with Crippen LogP contribution in [0.25, 0.3) is 11.1 Å². The van der Waals surface area contributed by atoms with E-state index in [-0.39, 0.29) is 11.6 Å². The van der Waals surface area contributed by atoms with Crippen molar-refractivity contribution in [2.24, 2.45) is 5.73 Å². The molecule has 0 spiro atoms. The Labute approximate surface area is 99.5 Å². The molecule has 0 fully saturated rings. The van der Waals surface area contributed by atoms with Crippen LogP contribution in [0, 0.1) is 5.82 Å². The minimum absolute atomic E-state index is 0.204. The molecule has 0 unspecified atom stereocenters. The average molecular weight is 231 g/mol. The Morgan fingerprint density at radius 2 is 1.88 bits per heavy atom. The molecule has 0 saturated heterocycles. The van der Waals surface area contributed by atoms with E-state index in [1.165, 1.54) is 6.07 Å². The van der Waals surface area contributed by atoms with E-state index in [0.29, 0.717) is 18.5 Å². The van der Waals surface area contributed by atoms with Gasteiger partial charge in [0, 0.05) is 5.56 Å². The molecule has 0 bridgehead atoms. The predicted octanol–water partition coefficient (Wildman–Crippen LogP) is 2.70. The molecule has 3 N–H and O–H groups in total. The zero-order chi connectivity index (χ0) is 12.3. The number of rotatable bonds is 3. The van der Waals surface area contributed by atoms with Gasteiger partial charge in [-0.2, -0.15) is 0 Å². The summed E-state index contributed by atoms with van der Waals surface area (Å²) in [6, 6.07) is 11.6. The first-order valence-corrected chi connectivity index (χ1v) is 5.49. The maximum Gasteiger partial charge on any atom is 0.131 e. The molecule has 2 rings (SSSR count). The van der Waals surface area contributed by atoms with Gasteiger partial charge in [-0.1, -0.05) is 24.3 Å². The Bertz CT molecular complexity index is 525. The predicted molar refractivity (Wildman–Crippen MR) is 66.3 cm³/mol. The lowest BCUT2D eigenvalue weighted by molar-refractivity contribution is 0.468. The first-order valence-electron chi connectivity index (χ1n) is 5.49. The average Bonchev–Trinajstić information content (AvgIpc) is 2.33. The minimum Gasteiger partial charge on any atom is -0.508 e. The standard InChI is InChI=1S/C14H14FNO/c15-13-4-2-1-3-12(13)10-5-6-14(17)11(9-10)7-8-16/h1-6,9,17H,7-8,16H2. The molecular formula is C14H14FNO. The van der Waals surface area contributed by atoms with Crippen molar-refractivity contribution in [3.05, 3.63) is 53.8 Å². The van der Waals surface area contributed by atoms with E-state index in [4.69, 9.17) is 5.73 Å². The van der Waals surface area contributed by atoms with Crippen LogP contribution >= 0.6 is 0 Å². The highest BCUT2D eigenvalue weighted by Crippen LogP contribution is 2.27. The van der Waals surface area contributed by atoms with Gasteiger partial charge in [-0.3, -0.25) is 0 Å². The maximum atomic E-state index is 13.6. The molecule has 0 aromatic heterocycles. The molecule has 0 amide bonds. The van der Waals surface area contributed by atoms with Crippen molar-refractivity contribution < 1.29 is 9.50 Å². The number of phenols is 1. The van der Waals surface area contributed by atoms with Gasteiger partial charge in [-0.25, -0.2) is 4.39 Å². The molecule has 2 aromatic rings. The maximum absolute atomic E-state index is 13.6. The minimum atomic E-state index is -0.267. The van der Waals surface area contributed by atoms with Gasteiger partial charge >= 0.3 is 0 Å². The fourth-order valence-corrected chi connectivity index (χ4v) is 1.80. The van der Waals surface area contributed by atoms with Gasteiger partial charge in [0.1, 0.15) is 11.6 Å². The third-order valence-electron chi connectivity index (χ3n) is 2.68. The Morgan fingerprint density at radius 3 is 2.59 bits per heavy atom. The fraction of sp³-hybridized carbons (Fsp3) is 0.143. The summed E-state index contributed by atoms with van der Waals surface area (Å²) in [5, 5.41) is 9.63. The monoisotopic (exact) mass is 231 g/mol. The van der Waals surface area contributed by atoms with E-state index in [1.807, 2.05) is 0 Å². The van der Waals surface area contributed by atoms with Crippen LogP contribution < -0.4 is 5.73 Å². The van der Waals surface area contributed by atoms with Crippen LogP contribution in [-0.4, -0.2) is 11.7 Å². The highest BCUT2D eigenvalue weighted by Gasteiger charge is 2.07. The Hall–Kier alpha value is -1.87. The molecule has 88 valence electrons. The van der Waals surface area contributed by atoms with Crippen molar-refractivity contribution in [2.75, 3.05) is 6.54 Å². The summed E-state index contributed by atoms with van der Waals surface area (Å²) in [6.45, 7) is 0.453. The van der Waals surface area contributed by atoms with Gasteiger partial charge in [-0.05, 0) is 42.3 Å². The molecule has 2 aromatic carbocycles. The fourth-order valence-electron chi connectivity index (χ4n) is 1.80. The van der Waals surface area contributed by atoms with Crippen LogP contribution in [0.1, 0.15) is 5.56 Å². The van der Waals surface area contributed by atoms with Gasteiger partial charge < -0.3 is 10.8 Å². The smallest absolute Gasteiger partial charge is 0.131 e. The SMILES string of the molecule is NCCc1cc(-c2ccccc2F)ccc1O. The van der Waals surface area contributed by atoms with Crippen LogP contribution in [-0.2, 0) is 6.42 Å². The third kappa shape index (κ3) is 2.45. The van der Waals surface area contributed by atoms with Gasteiger partial charge in [0.15, 0.2) is 0 Å². The number of benzene rings is 2. The van der Waals surface area contributed by atoms with E-state index >= 15 is 0 Å². The molecule has 2 nitrogen and oxygen atoms in total. The number of hydrogen-bond acceptors (Lipinski definition) is 2. The summed E-state index contributed by atoms with van der Waals surface area (Å²) in [7, 11) is 0. The number of nitrogens with two attached hydrogens (primary N) is 1. The second-order valence-corrected chi connectivity index (χ2v) is 3.86. The van der Waals surface area contributed by atoms with Crippen molar-refractivity contribution in [3.63, 3.8) is 0 Å². The molecule has 3 heteroatoms. The Morgan fingerprint density at radius 1 is 1.12 bits per heavy atom. The zero-order valence-electron chi connectivity index (χ0n) is 9.36. The van der Waals surface area contributed by atoms with Crippen LogP contribution in [0.4, 0.5) is 4.39 Å². The lowest BCUT2D eigenvalue weighted by Gasteiger charge is -2.08. The largest absolute Gasteiger partial charge is 0.508 e. The number of hydrogen-bond donors (Lipinski definition) is 2. The van der Waals surface area contributed by atoms with Crippen LogP contribution in [0.15, 0.2) is 42.5 Å². The molecule has 0 aliphatic heterocycles. The summed E-state index contributed by atoms with van der Waals surface area (Å²) < 4.78 is 13.6. The van der Waals surface area contributed by atoms with E-state index in [2.05, 4.69) is 0 Å². The van der Waals surface area contributed by atoms with Gasteiger partial charge in [-0.15, -0.1) is 0 Å². The number of phenolic OH excluding ortho intramolecular Hbond substituents is 1. The summed E-state index contributed by atoms with van der Waals surface area (Å²) in [5.74, 6) is -0.0626. The first kappa shape index (κ1) is 11.6. The van der Waals surface area contributed by atoms with Crippen molar-refractivity contribution in [3.8, 4) is 16.9 Å². The summed E-state index contributed by atoms with van der Waals surface area (Å²) >= 11 is 0. The van der Waals surface area contributed by atoms with E-state index in [9.17, 15) is 9.50 Å². The normalized spacial score (nSPS) is 10.5. The molecule has 0 radical (unpaired) electrons. The summed E-state index contributed by atoms with van der Waals surface area (Å²) in [5.41, 5.74) is 7.49. The van der Waals surface area contributed by atoms with E-state index < -0.39 is 0 Å². The van der Waals surface area contributed by atoms with E-state index in [1.54, 1.807) is 36.4 Å². The van der Waals surface area contributed by atoms with Crippen molar-refractivity contribution in [1.29, 1.82) is 0 Å². The number of aromatic hydroxyl groups is 1. The highest BCUT2D eigenvalue weighted by molar-refractivity contribution is 5.66. The van der Waals surface area contributed by atoms with Crippen molar-refractivity contribution in [2.45, 2.75) is 6.42 Å². The van der Waals surface area contributed by atoms with Crippen LogP contribution in [0.3, 0.4) is 0 Å². The van der Waals surface area contributed by atoms with Crippen molar-refractivity contribution >= 4 is 0 Å². The topological polar surface area (TPSA) is 46.2 Å². The van der Waals surface area contributed by atoms with Gasteiger partial charge in [0.2, 0.25) is 0 Å². The van der Waals surface area contributed by atoms with Crippen LogP contribution in [0.2, 0.25) is 0 Å². The van der Waals surface area contributed by atoms with Crippen LogP contribution in [0.5, 0.6) is 5.75 Å². The molecule has 0 atom stereocenters. The Kier molecular flexibility index (Phi) is 3.40. The highest BCUT2D eigenvalue weighted by atomic mass is 19.1. The van der Waals surface area contributed by atoms with E-state index in [0.717, 1.165) is 11.1 Å². The second-order valence-electron chi connectivity index (χ2n) is 3.86. The summed E-state index contributed by atoms with van der Waals surface area (Å²) in [6.07, 6.45) is 0.578. The molecule has 0 aliphatic rings.